The van der Waals surface area contributed by atoms with Crippen molar-refractivity contribution in [1.82, 2.24) is 4.90 Å². The highest BCUT2D eigenvalue weighted by Crippen LogP contribution is 2.29. The summed E-state index contributed by atoms with van der Waals surface area (Å²) in [5.74, 6) is 0.908. The predicted molar refractivity (Wildman–Crippen MR) is 47.5 cm³/mol. The molecule has 2 rings (SSSR count). The van der Waals surface area contributed by atoms with Crippen molar-refractivity contribution in [3.05, 3.63) is 11.6 Å². The molecule has 0 amide bonds. The first-order valence-electron chi connectivity index (χ1n) is 4.80. The molecule has 0 fully saturated rings. The van der Waals surface area contributed by atoms with E-state index < -0.39 is 0 Å². The van der Waals surface area contributed by atoms with E-state index in [-0.39, 0.29) is 0 Å². The zero-order valence-corrected chi connectivity index (χ0v) is 7.34. The Morgan fingerprint density at radius 2 is 2.55 bits per heavy atom. The van der Waals surface area contributed by atoms with Crippen LogP contribution < -0.4 is 0 Å². The Balaban J connectivity index is 1.94. The fourth-order valence-corrected chi connectivity index (χ4v) is 2.32. The van der Waals surface area contributed by atoms with Crippen molar-refractivity contribution in [3.8, 4) is 0 Å². The fourth-order valence-electron chi connectivity index (χ4n) is 2.32. The quantitative estimate of drug-likeness (QED) is 0.546. The molecule has 1 heteroatoms. The van der Waals surface area contributed by atoms with E-state index in [1.165, 1.54) is 38.9 Å². The van der Waals surface area contributed by atoms with Crippen molar-refractivity contribution < 1.29 is 0 Å². The molecule has 0 spiro atoms. The van der Waals surface area contributed by atoms with Crippen LogP contribution in [0.25, 0.3) is 0 Å². The zero-order chi connectivity index (χ0) is 7.68. The molecule has 0 aromatic carbocycles. The Morgan fingerprint density at radius 1 is 1.64 bits per heavy atom. The van der Waals surface area contributed by atoms with Crippen LogP contribution in [0, 0.1) is 5.92 Å². The Labute approximate surface area is 69.1 Å². The molecule has 1 atom stereocenters. The minimum atomic E-state index is 0.908. The smallest absolute Gasteiger partial charge is 0.0193 e. The van der Waals surface area contributed by atoms with Gasteiger partial charge in [0.1, 0.15) is 0 Å². The van der Waals surface area contributed by atoms with Gasteiger partial charge in [-0.05, 0) is 31.7 Å². The van der Waals surface area contributed by atoms with Gasteiger partial charge in [-0.3, -0.25) is 4.90 Å². The highest BCUT2D eigenvalue weighted by molar-refractivity contribution is 5.16. The van der Waals surface area contributed by atoms with E-state index in [4.69, 9.17) is 0 Å². The number of hydrogen-bond donors (Lipinski definition) is 0. The summed E-state index contributed by atoms with van der Waals surface area (Å²) in [6.45, 7) is 6.17. The molecule has 2 bridgehead atoms. The second-order valence-electron chi connectivity index (χ2n) is 3.86. The van der Waals surface area contributed by atoms with E-state index in [1.807, 2.05) is 0 Å². The molecule has 0 N–H and O–H groups in total. The molecule has 0 aromatic heterocycles. The van der Waals surface area contributed by atoms with Gasteiger partial charge >= 0.3 is 0 Å². The average Bonchev–Trinajstić information content (AvgIpc) is 2.32. The summed E-state index contributed by atoms with van der Waals surface area (Å²) in [7, 11) is 0. The number of rotatable bonds is 2. The number of nitrogens with zero attached hydrogens (tertiary/aromatic N) is 1. The van der Waals surface area contributed by atoms with Crippen LogP contribution in [0.2, 0.25) is 0 Å². The Bertz CT molecular complexity index is 172. The van der Waals surface area contributed by atoms with Crippen molar-refractivity contribution in [2.45, 2.75) is 26.2 Å². The third-order valence-electron chi connectivity index (χ3n) is 2.77. The minimum Gasteiger partial charge on any atom is -0.299 e. The minimum absolute atomic E-state index is 0.908. The molecule has 62 valence electrons. The topological polar surface area (TPSA) is 3.24 Å². The van der Waals surface area contributed by atoms with E-state index >= 15 is 0 Å². The van der Waals surface area contributed by atoms with E-state index in [0.29, 0.717) is 0 Å². The van der Waals surface area contributed by atoms with Gasteiger partial charge in [-0.15, -0.1) is 0 Å². The number of likely N-dealkylation sites (tertiary alicyclic amines) is 1. The predicted octanol–water partition coefficient (Wildman–Crippen LogP) is 2.05. The molecule has 1 aliphatic heterocycles. The van der Waals surface area contributed by atoms with Crippen LogP contribution in [0.3, 0.4) is 0 Å². The van der Waals surface area contributed by atoms with Crippen molar-refractivity contribution in [2.24, 2.45) is 5.92 Å². The van der Waals surface area contributed by atoms with Gasteiger partial charge in [-0.2, -0.15) is 0 Å². The lowest BCUT2D eigenvalue weighted by Crippen LogP contribution is -2.32. The summed E-state index contributed by atoms with van der Waals surface area (Å²) in [4.78, 5) is 2.60. The van der Waals surface area contributed by atoms with E-state index in [1.54, 1.807) is 5.57 Å². The number of fused-ring (bicyclic) bond motifs is 1. The van der Waals surface area contributed by atoms with Gasteiger partial charge in [-0.25, -0.2) is 0 Å². The lowest BCUT2D eigenvalue weighted by molar-refractivity contribution is 0.267. The van der Waals surface area contributed by atoms with Gasteiger partial charge < -0.3 is 0 Å². The molecule has 1 nitrogen and oxygen atoms in total. The lowest BCUT2D eigenvalue weighted by Gasteiger charge is -2.26. The van der Waals surface area contributed by atoms with E-state index in [9.17, 15) is 0 Å². The molecule has 1 unspecified atom stereocenters. The largest absolute Gasteiger partial charge is 0.299 e. The maximum absolute atomic E-state index is 2.60. The van der Waals surface area contributed by atoms with Gasteiger partial charge in [-0.1, -0.05) is 18.6 Å². The highest BCUT2D eigenvalue weighted by Gasteiger charge is 2.24. The molecule has 1 heterocycles. The van der Waals surface area contributed by atoms with E-state index in [2.05, 4.69) is 17.9 Å². The van der Waals surface area contributed by atoms with Crippen LogP contribution in [-0.2, 0) is 0 Å². The summed E-state index contributed by atoms with van der Waals surface area (Å²) >= 11 is 0. The van der Waals surface area contributed by atoms with Crippen LogP contribution in [0.1, 0.15) is 26.2 Å². The summed E-state index contributed by atoms with van der Waals surface area (Å²) < 4.78 is 0. The summed E-state index contributed by atoms with van der Waals surface area (Å²) in [5, 5.41) is 0. The highest BCUT2D eigenvalue weighted by atomic mass is 15.1. The van der Waals surface area contributed by atoms with Crippen LogP contribution in [0.5, 0.6) is 0 Å². The van der Waals surface area contributed by atoms with Crippen molar-refractivity contribution >= 4 is 0 Å². The van der Waals surface area contributed by atoms with Gasteiger partial charge in [0, 0.05) is 13.1 Å². The van der Waals surface area contributed by atoms with Gasteiger partial charge in [0.05, 0.1) is 0 Å². The monoisotopic (exact) mass is 151 g/mol. The maximum atomic E-state index is 2.60. The van der Waals surface area contributed by atoms with Gasteiger partial charge in [0.15, 0.2) is 0 Å². The van der Waals surface area contributed by atoms with Crippen LogP contribution in [0.4, 0.5) is 0 Å². The van der Waals surface area contributed by atoms with Crippen molar-refractivity contribution in [2.75, 3.05) is 19.6 Å². The van der Waals surface area contributed by atoms with Gasteiger partial charge in [0.25, 0.3) is 0 Å². The molecule has 1 aliphatic carbocycles. The first-order valence-corrected chi connectivity index (χ1v) is 4.80. The average molecular weight is 151 g/mol. The van der Waals surface area contributed by atoms with Crippen LogP contribution in [0.15, 0.2) is 11.6 Å². The first kappa shape index (κ1) is 7.35. The van der Waals surface area contributed by atoms with Crippen LogP contribution in [-0.4, -0.2) is 24.5 Å². The fraction of sp³-hybridized carbons (Fsp3) is 0.800. The third-order valence-corrected chi connectivity index (χ3v) is 2.77. The molecule has 0 saturated carbocycles. The molecular formula is C10H17N. The van der Waals surface area contributed by atoms with Gasteiger partial charge in [0.2, 0.25) is 0 Å². The Kier molecular flexibility index (Phi) is 1.99. The summed E-state index contributed by atoms with van der Waals surface area (Å²) in [6, 6.07) is 0. The standard InChI is InChI=1S/C10H17N/c1-2-5-11-7-9-3-4-10(6-9)8-11/h6,9H,2-5,7-8H2,1H3. The lowest BCUT2D eigenvalue weighted by atomic mass is 10.1. The Morgan fingerprint density at radius 3 is 3.27 bits per heavy atom. The molecule has 0 aromatic rings. The van der Waals surface area contributed by atoms with E-state index in [0.717, 1.165) is 5.92 Å². The molecular weight excluding hydrogens is 134 g/mol. The summed E-state index contributed by atoms with van der Waals surface area (Å²) in [6.07, 6.45) is 6.62. The molecule has 2 aliphatic rings. The SMILES string of the molecule is CCCN1CC2=CC(CC2)C1. The third kappa shape index (κ3) is 1.48. The number of hydrogen-bond acceptors (Lipinski definition) is 1. The summed E-state index contributed by atoms with van der Waals surface area (Å²) in [5.41, 5.74) is 1.70. The molecule has 0 saturated heterocycles. The zero-order valence-electron chi connectivity index (χ0n) is 7.34. The van der Waals surface area contributed by atoms with Crippen molar-refractivity contribution in [1.29, 1.82) is 0 Å². The normalized spacial score (nSPS) is 30.6. The first-order chi connectivity index (χ1) is 5.38. The van der Waals surface area contributed by atoms with Crippen molar-refractivity contribution in [3.63, 3.8) is 0 Å². The van der Waals surface area contributed by atoms with Crippen LogP contribution >= 0.6 is 0 Å². The second-order valence-corrected chi connectivity index (χ2v) is 3.86. The maximum Gasteiger partial charge on any atom is 0.0193 e. The molecule has 0 radical (unpaired) electrons. The Hall–Kier alpha value is -0.300. The second kappa shape index (κ2) is 2.98. The molecule has 11 heavy (non-hydrogen) atoms.